The van der Waals surface area contributed by atoms with Gasteiger partial charge in [0.1, 0.15) is 12.1 Å². The Bertz CT molecular complexity index is 551. The maximum absolute atomic E-state index is 7.59. The SMILES string of the molecule is Cc1cc(Sc2ncco2)c(C(=N)N)c(C)n1. The molecule has 2 aromatic heterocycles. The van der Waals surface area contributed by atoms with Crippen molar-refractivity contribution < 1.29 is 4.42 Å². The first kappa shape index (κ1) is 11.7. The molecule has 0 aliphatic heterocycles. The van der Waals surface area contributed by atoms with Crippen LogP contribution in [-0.2, 0) is 0 Å². The summed E-state index contributed by atoms with van der Waals surface area (Å²) in [7, 11) is 0. The first-order valence-electron chi connectivity index (χ1n) is 4.98. The van der Waals surface area contributed by atoms with E-state index in [0.29, 0.717) is 10.8 Å². The molecule has 0 atom stereocenters. The van der Waals surface area contributed by atoms with E-state index in [1.807, 2.05) is 19.9 Å². The summed E-state index contributed by atoms with van der Waals surface area (Å²) in [5, 5.41) is 8.12. The average Bonchev–Trinajstić information content (AvgIpc) is 2.68. The number of oxazole rings is 1. The van der Waals surface area contributed by atoms with Crippen molar-refractivity contribution in [1.29, 1.82) is 5.41 Å². The topological polar surface area (TPSA) is 88.8 Å². The lowest BCUT2D eigenvalue weighted by Crippen LogP contribution is -2.15. The van der Waals surface area contributed by atoms with E-state index in [2.05, 4.69) is 9.97 Å². The number of aromatic nitrogens is 2. The third-order valence-electron chi connectivity index (χ3n) is 2.17. The van der Waals surface area contributed by atoms with Gasteiger partial charge in [-0.1, -0.05) is 0 Å². The number of rotatable bonds is 3. The minimum atomic E-state index is 0.00376. The number of hydrogen-bond donors (Lipinski definition) is 2. The quantitative estimate of drug-likeness (QED) is 0.641. The molecule has 0 fully saturated rings. The van der Waals surface area contributed by atoms with E-state index < -0.39 is 0 Å². The van der Waals surface area contributed by atoms with Gasteiger partial charge in [0.25, 0.3) is 5.22 Å². The largest absolute Gasteiger partial charge is 0.440 e. The number of aryl methyl sites for hydroxylation is 2. The maximum atomic E-state index is 7.59. The van der Waals surface area contributed by atoms with E-state index >= 15 is 0 Å². The molecule has 5 nitrogen and oxygen atoms in total. The molecule has 88 valence electrons. The molecule has 3 N–H and O–H groups in total. The minimum absolute atomic E-state index is 0.00376. The molecular weight excluding hydrogens is 236 g/mol. The summed E-state index contributed by atoms with van der Waals surface area (Å²) in [4.78, 5) is 9.17. The Labute approximate surface area is 103 Å². The van der Waals surface area contributed by atoms with Gasteiger partial charge in [0, 0.05) is 16.3 Å². The summed E-state index contributed by atoms with van der Waals surface area (Å²) in [6.07, 6.45) is 3.09. The van der Waals surface area contributed by atoms with E-state index in [1.54, 1.807) is 6.20 Å². The molecule has 0 aromatic carbocycles. The molecule has 2 rings (SSSR count). The van der Waals surface area contributed by atoms with Crippen LogP contribution in [0, 0.1) is 19.3 Å². The lowest BCUT2D eigenvalue weighted by Gasteiger charge is -2.09. The van der Waals surface area contributed by atoms with Crippen LogP contribution in [0.15, 0.2) is 33.1 Å². The van der Waals surface area contributed by atoms with Gasteiger partial charge >= 0.3 is 0 Å². The highest BCUT2D eigenvalue weighted by atomic mass is 32.2. The molecule has 0 saturated heterocycles. The summed E-state index contributed by atoms with van der Waals surface area (Å²) in [5.74, 6) is 0.00376. The highest BCUT2D eigenvalue weighted by Gasteiger charge is 2.14. The smallest absolute Gasteiger partial charge is 0.260 e. The molecule has 2 heterocycles. The third kappa shape index (κ3) is 2.47. The lowest BCUT2D eigenvalue weighted by atomic mass is 10.1. The highest BCUT2D eigenvalue weighted by molar-refractivity contribution is 7.99. The Morgan fingerprint density at radius 2 is 2.24 bits per heavy atom. The Balaban J connectivity index is 2.47. The van der Waals surface area contributed by atoms with Crippen LogP contribution in [0.3, 0.4) is 0 Å². The molecule has 0 saturated carbocycles. The predicted molar refractivity (Wildman–Crippen MR) is 65.4 cm³/mol. The van der Waals surface area contributed by atoms with Crippen LogP contribution in [-0.4, -0.2) is 15.8 Å². The molecule has 2 aromatic rings. The zero-order chi connectivity index (χ0) is 12.4. The second-order valence-corrected chi connectivity index (χ2v) is 4.53. The first-order chi connectivity index (χ1) is 8.08. The Kier molecular flexibility index (Phi) is 3.14. The zero-order valence-electron chi connectivity index (χ0n) is 9.52. The molecule has 6 heteroatoms. The molecule has 0 aliphatic rings. The van der Waals surface area contributed by atoms with Crippen LogP contribution in [0.2, 0.25) is 0 Å². The number of nitrogens with one attached hydrogen (secondary N) is 1. The molecule has 0 amide bonds. The molecule has 0 unspecified atom stereocenters. The molecule has 0 spiro atoms. The van der Waals surface area contributed by atoms with Crippen molar-refractivity contribution in [2.75, 3.05) is 0 Å². The number of nitrogens with zero attached hydrogens (tertiary/aromatic N) is 2. The highest BCUT2D eigenvalue weighted by Crippen LogP contribution is 2.30. The van der Waals surface area contributed by atoms with Crippen molar-refractivity contribution in [2.24, 2.45) is 5.73 Å². The molecule has 0 aliphatic carbocycles. The summed E-state index contributed by atoms with van der Waals surface area (Å²) in [6.45, 7) is 3.74. The zero-order valence-corrected chi connectivity index (χ0v) is 10.3. The van der Waals surface area contributed by atoms with Crippen LogP contribution < -0.4 is 5.73 Å². The normalized spacial score (nSPS) is 10.5. The van der Waals surface area contributed by atoms with Gasteiger partial charge in [-0.2, -0.15) is 0 Å². The maximum Gasteiger partial charge on any atom is 0.260 e. The molecule has 0 bridgehead atoms. The fourth-order valence-electron chi connectivity index (χ4n) is 1.56. The monoisotopic (exact) mass is 248 g/mol. The van der Waals surface area contributed by atoms with Gasteiger partial charge in [0.15, 0.2) is 0 Å². The first-order valence-corrected chi connectivity index (χ1v) is 5.79. The summed E-state index contributed by atoms with van der Waals surface area (Å²) < 4.78 is 5.17. The standard InChI is InChI=1S/C11H12N4OS/c1-6-5-8(17-11-14-3-4-16-11)9(10(12)13)7(2)15-6/h3-5H,1-2H3,(H3,12,13). The lowest BCUT2D eigenvalue weighted by molar-refractivity contribution is 0.454. The summed E-state index contributed by atoms with van der Waals surface area (Å²) in [6, 6.07) is 1.87. The second kappa shape index (κ2) is 4.58. The van der Waals surface area contributed by atoms with Gasteiger partial charge in [0.2, 0.25) is 0 Å². The predicted octanol–water partition coefficient (Wildman–Crippen LogP) is 2.12. The van der Waals surface area contributed by atoms with Crippen LogP contribution in [0.5, 0.6) is 0 Å². The molecular formula is C11H12N4OS. The second-order valence-electron chi connectivity index (χ2n) is 3.54. The summed E-state index contributed by atoms with van der Waals surface area (Å²) in [5.41, 5.74) is 7.83. The Morgan fingerprint density at radius 1 is 1.47 bits per heavy atom. The van der Waals surface area contributed by atoms with Gasteiger partial charge in [-0.25, -0.2) is 4.98 Å². The Hall–Kier alpha value is -1.82. The number of nitrogen functional groups attached to an aromatic ring is 1. The van der Waals surface area contributed by atoms with Gasteiger partial charge in [-0.3, -0.25) is 10.4 Å². The number of amidine groups is 1. The third-order valence-corrected chi connectivity index (χ3v) is 3.09. The van der Waals surface area contributed by atoms with Crippen molar-refractivity contribution in [3.63, 3.8) is 0 Å². The van der Waals surface area contributed by atoms with Gasteiger partial charge in [-0.15, -0.1) is 0 Å². The van der Waals surface area contributed by atoms with Crippen molar-refractivity contribution in [1.82, 2.24) is 9.97 Å². The minimum Gasteiger partial charge on any atom is -0.440 e. The fourth-order valence-corrected chi connectivity index (χ4v) is 2.55. The number of pyridine rings is 1. The van der Waals surface area contributed by atoms with E-state index in [4.69, 9.17) is 15.6 Å². The summed E-state index contributed by atoms with van der Waals surface area (Å²) >= 11 is 1.34. The van der Waals surface area contributed by atoms with Crippen LogP contribution in [0.25, 0.3) is 0 Å². The van der Waals surface area contributed by atoms with Crippen LogP contribution >= 0.6 is 11.8 Å². The van der Waals surface area contributed by atoms with Gasteiger partial charge in [-0.05, 0) is 31.7 Å². The van der Waals surface area contributed by atoms with Crippen molar-refractivity contribution in [3.8, 4) is 0 Å². The molecule has 0 radical (unpaired) electrons. The van der Waals surface area contributed by atoms with Crippen LogP contribution in [0.1, 0.15) is 17.0 Å². The van der Waals surface area contributed by atoms with E-state index in [0.717, 1.165) is 16.3 Å². The van der Waals surface area contributed by atoms with E-state index in [-0.39, 0.29) is 5.84 Å². The number of nitrogens with two attached hydrogens (primary N) is 1. The van der Waals surface area contributed by atoms with Crippen molar-refractivity contribution in [3.05, 3.63) is 35.5 Å². The van der Waals surface area contributed by atoms with Gasteiger partial charge < -0.3 is 10.2 Å². The van der Waals surface area contributed by atoms with Crippen LogP contribution in [0.4, 0.5) is 0 Å². The molecule has 17 heavy (non-hydrogen) atoms. The van der Waals surface area contributed by atoms with E-state index in [9.17, 15) is 0 Å². The van der Waals surface area contributed by atoms with Crippen molar-refractivity contribution >= 4 is 17.6 Å². The van der Waals surface area contributed by atoms with Gasteiger partial charge in [0.05, 0.1) is 11.8 Å². The van der Waals surface area contributed by atoms with Crippen molar-refractivity contribution in [2.45, 2.75) is 24.0 Å². The Morgan fingerprint density at radius 3 is 2.82 bits per heavy atom. The fraction of sp³-hybridized carbons (Fsp3) is 0.182. The number of hydrogen-bond acceptors (Lipinski definition) is 5. The van der Waals surface area contributed by atoms with E-state index in [1.165, 1.54) is 18.0 Å². The average molecular weight is 248 g/mol.